The van der Waals surface area contributed by atoms with Gasteiger partial charge in [0.1, 0.15) is 18.9 Å². The smallest absolute Gasteiger partial charge is 0.333 e. The number of aryl methyl sites for hydroxylation is 3. The van der Waals surface area contributed by atoms with Crippen molar-refractivity contribution in [1.82, 2.24) is 0 Å². The quantitative estimate of drug-likeness (QED) is 0.455. The fourth-order valence-electron chi connectivity index (χ4n) is 2.56. The number of quaternary nitrogens is 1. The second-order valence-corrected chi connectivity index (χ2v) is 6.99. The molecule has 0 aliphatic rings. The number of esters is 1. The first kappa shape index (κ1) is 19.2. The predicted octanol–water partition coefficient (Wildman–Crippen LogP) is 3.14. The van der Waals surface area contributed by atoms with Gasteiger partial charge < -0.3 is 14.3 Å². The molecule has 0 radical (unpaired) electrons. The summed E-state index contributed by atoms with van der Waals surface area (Å²) in [5, 5.41) is 10.1. The molecule has 0 fully saturated rings. The molecule has 0 heterocycles. The molecule has 0 saturated heterocycles. The van der Waals surface area contributed by atoms with Crippen molar-refractivity contribution in [2.24, 2.45) is 0 Å². The van der Waals surface area contributed by atoms with E-state index in [9.17, 15) is 9.90 Å². The first-order valence-electron chi connectivity index (χ1n) is 8.06. The summed E-state index contributed by atoms with van der Waals surface area (Å²) in [6.45, 7) is 11.3. The summed E-state index contributed by atoms with van der Waals surface area (Å²) in [4.78, 5) is 11.4. The van der Waals surface area contributed by atoms with Crippen molar-refractivity contribution in [2.75, 3.05) is 33.8 Å². The van der Waals surface area contributed by atoms with E-state index >= 15 is 0 Å². The highest BCUT2D eigenvalue weighted by molar-refractivity contribution is 5.86. The second kappa shape index (κ2) is 8.16. The van der Waals surface area contributed by atoms with Crippen LogP contribution >= 0.6 is 0 Å². The molecule has 0 unspecified atom stereocenters. The van der Waals surface area contributed by atoms with Crippen LogP contribution in [0.5, 0.6) is 5.75 Å². The molecule has 4 heteroatoms. The summed E-state index contributed by atoms with van der Waals surface area (Å²) in [7, 11) is 4.24. The monoisotopic (exact) mass is 320 g/mol. The van der Waals surface area contributed by atoms with Gasteiger partial charge in [0.2, 0.25) is 0 Å². The van der Waals surface area contributed by atoms with Gasteiger partial charge in [-0.05, 0) is 38.3 Å². The van der Waals surface area contributed by atoms with E-state index in [0.717, 1.165) is 41.5 Å². The Kier molecular flexibility index (Phi) is 6.82. The van der Waals surface area contributed by atoms with Crippen LogP contribution in [-0.4, -0.2) is 49.4 Å². The summed E-state index contributed by atoms with van der Waals surface area (Å²) in [5.41, 5.74) is 3.55. The number of carbonyl (C=O) groups is 1. The summed E-state index contributed by atoms with van der Waals surface area (Å²) >= 11 is 0. The van der Waals surface area contributed by atoms with Crippen LogP contribution in [0.4, 0.5) is 0 Å². The molecular formula is C19H30NO3+. The Morgan fingerprint density at radius 1 is 1.26 bits per heavy atom. The van der Waals surface area contributed by atoms with Crippen molar-refractivity contribution in [3.05, 3.63) is 41.0 Å². The minimum Gasteiger partial charge on any atom is -0.507 e. The van der Waals surface area contributed by atoms with E-state index in [1.165, 1.54) is 5.56 Å². The average molecular weight is 320 g/mol. The molecule has 0 atom stereocenters. The zero-order valence-corrected chi connectivity index (χ0v) is 15.1. The summed E-state index contributed by atoms with van der Waals surface area (Å²) in [6.07, 6.45) is 1.82. The lowest BCUT2D eigenvalue weighted by atomic mass is 10.0. The molecule has 1 aromatic carbocycles. The van der Waals surface area contributed by atoms with Gasteiger partial charge in [0.05, 0.1) is 20.6 Å². The topological polar surface area (TPSA) is 46.5 Å². The molecule has 0 saturated carbocycles. The zero-order valence-electron chi connectivity index (χ0n) is 15.1. The van der Waals surface area contributed by atoms with Gasteiger partial charge in [-0.25, -0.2) is 4.79 Å². The Morgan fingerprint density at radius 3 is 2.52 bits per heavy atom. The molecular weight excluding hydrogens is 290 g/mol. The average Bonchev–Trinajstić information content (AvgIpc) is 2.43. The highest BCUT2D eigenvalue weighted by Gasteiger charge is 2.16. The maximum absolute atomic E-state index is 11.4. The third kappa shape index (κ3) is 6.45. The number of likely N-dealkylation sites (N-methyl/N-ethyl adjacent to an activating group) is 1. The standard InChI is InChI=1S/C19H29NO3/c1-14(2)19(22)23-11-10-20(5,6)9-7-8-17-13-15(3)12-16(4)18(17)21/h12-13H,1,7-11H2,2-6H3/p+1. The Morgan fingerprint density at radius 2 is 1.91 bits per heavy atom. The molecule has 4 nitrogen and oxygen atoms in total. The summed E-state index contributed by atoms with van der Waals surface area (Å²) in [6, 6.07) is 4.05. The molecule has 0 aliphatic heterocycles. The Hall–Kier alpha value is -1.81. The van der Waals surface area contributed by atoms with E-state index < -0.39 is 0 Å². The van der Waals surface area contributed by atoms with Gasteiger partial charge in [-0.2, -0.15) is 0 Å². The Bertz CT molecular complexity index is 576. The molecule has 0 amide bonds. The summed E-state index contributed by atoms with van der Waals surface area (Å²) in [5.74, 6) is 0.0847. The molecule has 0 bridgehead atoms. The molecule has 1 rings (SSSR count). The first-order valence-corrected chi connectivity index (χ1v) is 8.06. The minimum atomic E-state index is -0.329. The molecule has 0 aliphatic carbocycles. The number of rotatable bonds is 8. The van der Waals surface area contributed by atoms with Crippen LogP contribution in [0, 0.1) is 13.8 Å². The van der Waals surface area contributed by atoms with Crippen LogP contribution < -0.4 is 0 Å². The molecule has 0 spiro atoms. The Balaban J connectivity index is 2.45. The van der Waals surface area contributed by atoms with Gasteiger partial charge in [0.25, 0.3) is 0 Å². The molecule has 1 aromatic rings. The van der Waals surface area contributed by atoms with Crippen molar-refractivity contribution in [1.29, 1.82) is 0 Å². The van der Waals surface area contributed by atoms with E-state index in [1.54, 1.807) is 6.92 Å². The maximum Gasteiger partial charge on any atom is 0.333 e. The van der Waals surface area contributed by atoms with Crippen LogP contribution in [0.25, 0.3) is 0 Å². The van der Waals surface area contributed by atoms with Crippen LogP contribution in [0.2, 0.25) is 0 Å². The van der Waals surface area contributed by atoms with E-state index in [2.05, 4.69) is 26.7 Å². The predicted molar refractivity (Wildman–Crippen MR) is 93.5 cm³/mol. The zero-order chi connectivity index (χ0) is 17.6. The number of benzene rings is 1. The van der Waals surface area contributed by atoms with Crippen LogP contribution in [0.1, 0.15) is 30.0 Å². The third-order valence-corrected chi connectivity index (χ3v) is 4.01. The fourth-order valence-corrected chi connectivity index (χ4v) is 2.56. The van der Waals surface area contributed by atoms with E-state index in [1.807, 2.05) is 19.9 Å². The molecule has 0 aromatic heterocycles. The van der Waals surface area contributed by atoms with E-state index in [4.69, 9.17) is 4.74 Å². The van der Waals surface area contributed by atoms with Gasteiger partial charge in [-0.15, -0.1) is 0 Å². The van der Waals surface area contributed by atoms with E-state index in [-0.39, 0.29) is 5.97 Å². The van der Waals surface area contributed by atoms with Gasteiger partial charge >= 0.3 is 5.97 Å². The van der Waals surface area contributed by atoms with Crippen LogP contribution in [-0.2, 0) is 16.0 Å². The van der Waals surface area contributed by atoms with Crippen molar-refractivity contribution in [2.45, 2.75) is 33.6 Å². The highest BCUT2D eigenvalue weighted by atomic mass is 16.5. The van der Waals surface area contributed by atoms with Crippen LogP contribution in [0.15, 0.2) is 24.3 Å². The lowest BCUT2D eigenvalue weighted by Gasteiger charge is -2.29. The highest BCUT2D eigenvalue weighted by Crippen LogP contribution is 2.25. The molecule has 128 valence electrons. The maximum atomic E-state index is 11.4. The van der Waals surface area contributed by atoms with Crippen LogP contribution in [0.3, 0.4) is 0 Å². The number of phenolic OH excluding ortho intramolecular Hbond substituents is 1. The van der Waals surface area contributed by atoms with E-state index in [0.29, 0.717) is 17.9 Å². The number of aromatic hydroxyl groups is 1. The summed E-state index contributed by atoms with van der Waals surface area (Å²) < 4.78 is 5.93. The number of nitrogens with zero attached hydrogens (tertiary/aromatic N) is 1. The number of carbonyl (C=O) groups excluding carboxylic acids is 1. The third-order valence-electron chi connectivity index (χ3n) is 4.01. The molecule has 23 heavy (non-hydrogen) atoms. The normalized spacial score (nSPS) is 11.3. The van der Waals surface area contributed by atoms with Gasteiger partial charge in [0.15, 0.2) is 0 Å². The number of phenols is 1. The lowest BCUT2D eigenvalue weighted by Crippen LogP contribution is -2.43. The number of ether oxygens (including phenoxy) is 1. The van der Waals surface area contributed by atoms with Crippen molar-refractivity contribution in [3.63, 3.8) is 0 Å². The number of hydrogen-bond acceptors (Lipinski definition) is 3. The van der Waals surface area contributed by atoms with Crippen molar-refractivity contribution in [3.8, 4) is 5.75 Å². The molecule has 1 N–H and O–H groups in total. The number of hydrogen-bond donors (Lipinski definition) is 1. The van der Waals surface area contributed by atoms with Crippen molar-refractivity contribution >= 4 is 5.97 Å². The second-order valence-electron chi connectivity index (χ2n) is 6.99. The SMILES string of the molecule is C=C(C)C(=O)OCC[N+](C)(C)CCCc1cc(C)cc(C)c1O. The van der Waals surface area contributed by atoms with Gasteiger partial charge in [-0.1, -0.05) is 24.3 Å². The van der Waals surface area contributed by atoms with Gasteiger partial charge in [-0.3, -0.25) is 0 Å². The fraction of sp³-hybridized carbons (Fsp3) is 0.526. The minimum absolute atomic E-state index is 0.329. The Labute approximate surface area is 140 Å². The first-order chi connectivity index (χ1) is 10.6. The lowest BCUT2D eigenvalue weighted by molar-refractivity contribution is -0.890. The van der Waals surface area contributed by atoms with Gasteiger partial charge in [0, 0.05) is 12.0 Å². The largest absolute Gasteiger partial charge is 0.507 e. The van der Waals surface area contributed by atoms with Crippen molar-refractivity contribution < 1.29 is 19.1 Å².